The number of nitro groups is 1. The van der Waals surface area contributed by atoms with Gasteiger partial charge in [0.15, 0.2) is 0 Å². The highest BCUT2D eigenvalue weighted by atomic mass is 32.2. The van der Waals surface area contributed by atoms with Gasteiger partial charge in [-0.2, -0.15) is 0 Å². The second-order valence-corrected chi connectivity index (χ2v) is 5.38. The predicted molar refractivity (Wildman–Crippen MR) is 90.0 cm³/mol. The number of nitrogens with one attached hydrogen (secondary N) is 1. The lowest BCUT2D eigenvalue weighted by Gasteiger charge is -1.99. The van der Waals surface area contributed by atoms with Crippen molar-refractivity contribution >= 4 is 41.3 Å². The van der Waals surface area contributed by atoms with Crippen LogP contribution in [0.2, 0.25) is 0 Å². The summed E-state index contributed by atoms with van der Waals surface area (Å²) < 4.78 is 0. The molecule has 0 bridgehead atoms. The van der Waals surface area contributed by atoms with Crippen molar-refractivity contribution < 1.29 is 14.5 Å². The van der Waals surface area contributed by atoms with Crippen molar-refractivity contribution in [3.05, 3.63) is 51.1 Å². The first-order chi connectivity index (χ1) is 11.4. The predicted octanol–water partition coefficient (Wildman–Crippen LogP) is 1.59. The first kappa shape index (κ1) is 17.2. The number of aromatic amines is 1. The van der Waals surface area contributed by atoms with E-state index in [1.165, 1.54) is 24.4 Å². The van der Waals surface area contributed by atoms with E-state index in [-0.39, 0.29) is 28.2 Å². The van der Waals surface area contributed by atoms with Crippen molar-refractivity contribution in [3.8, 4) is 0 Å². The number of hydrogen-bond donors (Lipinski definition) is 3. The highest BCUT2D eigenvalue weighted by Gasteiger charge is 2.24. The molecule has 0 saturated carbocycles. The molecule has 0 aliphatic carbocycles. The zero-order chi connectivity index (χ0) is 17.9. The maximum Gasteiger partial charge on any atom is 0.278 e. The number of nitrogens with zero attached hydrogens (tertiary/aromatic N) is 2. The van der Waals surface area contributed by atoms with E-state index in [0.29, 0.717) is 5.03 Å². The first-order valence-corrected chi connectivity index (χ1v) is 7.76. The summed E-state index contributed by atoms with van der Waals surface area (Å²) in [6, 6.07) is 5.96. The average Bonchev–Trinajstić information content (AvgIpc) is 2.92. The van der Waals surface area contributed by atoms with Crippen molar-refractivity contribution in [1.82, 2.24) is 4.98 Å². The van der Waals surface area contributed by atoms with Crippen molar-refractivity contribution in [3.63, 3.8) is 0 Å². The molecule has 0 unspecified atom stereocenters. The van der Waals surface area contributed by atoms with Gasteiger partial charge in [-0.3, -0.25) is 19.7 Å². The summed E-state index contributed by atoms with van der Waals surface area (Å²) in [5.41, 5.74) is 10.5. The van der Waals surface area contributed by atoms with Crippen LogP contribution in [-0.4, -0.2) is 34.2 Å². The average molecular weight is 347 g/mol. The highest BCUT2D eigenvalue weighted by Crippen LogP contribution is 2.31. The fraction of sp³-hybridized carbons (Fsp3) is 0.0714. The standard InChI is InChI=1S/C14H13N5O4S/c1-24-14-10(12(16)21)9(11(15)20)13(18-14)17-6-7-4-2-3-5-8(7)19(22)23/h2-6,18H,1H3,(H2,15,20)(H2,16,21)/b17-6+. The fourth-order valence-corrected chi connectivity index (χ4v) is 2.69. The Morgan fingerprint density at radius 2 is 1.88 bits per heavy atom. The number of para-hydroxylation sites is 1. The molecule has 0 spiro atoms. The van der Waals surface area contributed by atoms with Crippen molar-refractivity contribution in [2.75, 3.05) is 6.26 Å². The second-order valence-electron chi connectivity index (χ2n) is 4.56. The molecular formula is C14H13N5O4S. The summed E-state index contributed by atoms with van der Waals surface area (Å²) in [6.07, 6.45) is 2.89. The molecule has 1 heterocycles. The number of nitrogens with two attached hydrogens (primary N) is 2. The SMILES string of the molecule is CSc1[nH]c(/N=C/c2ccccc2[N+](=O)[O-])c(C(N)=O)c1C(N)=O. The van der Waals surface area contributed by atoms with Gasteiger partial charge in [0.05, 0.1) is 26.6 Å². The number of amides is 2. The lowest BCUT2D eigenvalue weighted by atomic mass is 10.1. The van der Waals surface area contributed by atoms with E-state index < -0.39 is 16.7 Å². The maximum atomic E-state index is 11.7. The van der Waals surface area contributed by atoms with Gasteiger partial charge in [0.2, 0.25) is 0 Å². The van der Waals surface area contributed by atoms with E-state index in [2.05, 4.69) is 9.98 Å². The minimum absolute atomic E-state index is 0.0128. The van der Waals surface area contributed by atoms with E-state index in [4.69, 9.17) is 11.5 Å². The van der Waals surface area contributed by atoms with Crippen LogP contribution in [0.4, 0.5) is 11.5 Å². The molecule has 2 aromatic rings. The van der Waals surface area contributed by atoms with Gasteiger partial charge in [-0.05, 0) is 12.3 Å². The lowest BCUT2D eigenvalue weighted by molar-refractivity contribution is -0.385. The number of benzene rings is 1. The summed E-state index contributed by atoms with van der Waals surface area (Å²) in [5.74, 6) is -1.69. The number of nitro benzene ring substituents is 1. The Morgan fingerprint density at radius 1 is 1.25 bits per heavy atom. The largest absolute Gasteiger partial charge is 0.365 e. The first-order valence-electron chi connectivity index (χ1n) is 6.53. The quantitative estimate of drug-likeness (QED) is 0.313. The molecule has 10 heteroatoms. The Kier molecular flexibility index (Phi) is 4.99. The van der Waals surface area contributed by atoms with Gasteiger partial charge in [-0.25, -0.2) is 4.99 Å². The van der Waals surface area contributed by atoms with E-state index in [1.807, 2.05) is 0 Å². The Balaban J connectivity index is 2.56. The molecule has 5 N–H and O–H groups in total. The van der Waals surface area contributed by atoms with Crippen molar-refractivity contribution in [2.24, 2.45) is 16.5 Å². The molecule has 2 rings (SSSR count). The Hall–Kier alpha value is -3.14. The van der Waals surface area contributed by atoms with Crippen LogP contribution in [0.15, 0.2) is 34.3 Å². The highest BCUT2D eigenvalue weighted by molar-refractivity contribution is 7.98. The van der Waals surface area contributed by atoms with E-state index in [9.17, 15) is 19.7 Å². The van der Waals surface area contributed by atoms with E-state index >= 15 is 0 Å². The molecule has 9 nitrogen and oxygen atoms in total. The molecule has 0 saturated heterocycles. The van der Waals surface area contributed by atoms with Gasteiger partial charge in [0, 0.05) is 12.3 Å². The molecule has 0 atom stereocenters. The van der Waals surface area contributed by atoms with Crippen LogP contribution < -0.4 is 11.5 Å². The topological polar surface area (TPSA) is 157 Å². The van der Waals surface area contributed by atoms with Crippen LogP contribution >= 0.6 is 11.8 Å². The van der Waals surface area contributed by atoms with Gasteiger partial charge < -0.3 is 16.5 Å². The monoisotopic (exact) mass is 347 g/mol. The smallest absolute Gasteiger partial charge is 0.278 e. The van der Waals surface area contributed by atoms with E-state index in [1.54, 1.807) is 12.3 Å². The van der Waals surface area contributed by atoms with Gasteiger partial charge >= 0.3 is 0 Å². The number of carbonyl (C=O) groups excluding carboxylic acids is 2. The molecule has 124 valence electrons. The number of aromatic nitrogens is 1. The van der Waals surface area contributed by atoms with Crippen molar-refractivity contribution in [1.29, 1.82) is 0 Å². The van der Waals surface area contributed by atoms with Crippen LogP contribution in [0, 0.1) is 10.1 Å². The van der Waals surface area contributed by atoms with Crippen LogP contribution in [0.25, 0.3) is 0 Å². The maximum absolute atomic E-state index is 11.7. The third-order valence-electron chi connectivity index (χ3n) is 3.11. The third-order valence-corrected chi connectivity index (χ3v) is 3.82. The second kappa shape index (κ2) is 6.96. The molecule has 24 heavy (non-hydrogen) atoms. The van der Waals surface area contributed by atoms with E-state index in [0.717, 1.165) is 11.8 Å². The minimum Gasteiger partial charge on any atom is -0.365 e. The number of hydrogen-bond acceptors (Lipinski definition) is 6. The molecule has 0 radical (unpaired) electrons. The van der Waals surface area contributed by atoms with Crippen LogP contribution in [0.5, 0.6) is 0 Å². The van der Waals surface area contributed by atoms with Crippen LogP contribution in [0.3, 0.4) is 0 Å². The van der Waals surface area contributed by atoms with Gasteiger partial charge in [0.1, 0.15) is 5.82 Å². The van der Waals surface area contributed by atoms with Gasteiger partial charge in [0.25, 0.3) is 17.5 Å². The molecule has 1 aromatic carbocycles. The number of primary amides is 2. The van der Waals surface area contributed by atoms with Crippen LogP contribution in [0.1, 0.15) is 26.3 Å². The summed E-state index contributed by atoms with van der Waals surface area (Å²) in [4.78, 5) is 40.5. The molecule has 0 aliphatic rings. The lowest BCUT2D eigenvalue weighted by Crippen LogP contribution is -2.19. The Bertz CT molecular complexity index is 859. The summed E-state index contributed by atoms with van der Waals surface area (Å²) in [5, 5.41) is 11.3. The number of aliphatic imine (C=N–C) groups is 1. The fourth-order valence-electron chi connectivity index (χ4n) is 2.09. The summed E-state index contributed by atoms with van der Waals surface area (Å²) >= 11 is 1.16. The number of thioether (sulfide) groups is 1. The normalized spacial score (nSPS) is 10.9. The number of H-pyrrole nitrogens is 1. The van der Waals surface area contributed by atoms with Gasteiger partial charge in [-0.15, -0.1) is 11.8 Å². The Morgan fingerprint density at radius 3 is 2.42 bits per heavy atom. The van der Waals surface area contributed by atoms with Crippen LogP contribution in [-0.2, 0) is 0 Å². The zero-order valence-electron chi connectivity index (χ0n) is 12.5. The summed E-state index contributed by atoms with van der Waals surface area (Å²) in [6.45, 7) is 0. The zero-order valence-corrected chi connectivity index (χ0v) is 13.3. The minimum atomic E-state index is -0.880. The van der Waals surface area contributed by atoms with Crippen molar-refractivity contribution in [2.45, 2.75) is 5.03 Å². The van der Waals surface area contributed by atoms with Gasteiger partial charge in [-0.1, -0.05) is 12.1 Å². The number of carbonyl (C=O) groups is 2. The molecule has 2 amide bonds. The third kappa shape index (κ3) is 3.27. The molecule has 0 aliphatic heterocycles. The molecule has 1 aromatic heterocycles. The molecule has 0 fully saturated rings. The summed E-state index contributed by atoms with van der Waals surface area (Å²) in [7, 11) is 0. The Labute approximate surface area is 140 Å². The number of rotatable bonds is 6. The molecular weight excluding hydrogens is 334 g/mol.